The zero-order valence-electron chi connectivity index (χ0n) is 18.3. The second-order valence-corrected chi connectivity index (χ2v) is 9.67. The number of anilines is 1. The number of nitrogens with zero attached hydrogens (tertiary/aromatic N) is 1. The normalized spacial score (nSPS) is 14.9. The van der Waals surface area contributed by atoms with Crippen LogP contribution >= 0.6 is 27.7 Å². The maximum atomic E-state index is 12.8. The summed E-state index contributed by atoms with van der Waals surface area (Å²) in [5.41, 5.74) is 4.64. The molecule has 6 nitrogen and oxygen atoms in total. The van der Waals surface area contributed by atoms with E-state index < -0.39 is 17.1 Å². The van der Waals surface area contributed by atoms with Crippen molar-refractivity contribution in [3.63, 3.8) is 0 Å². The van der Waals surface area contributed by atoms with E-state index in [9.17, 15) is 14.4 Å². The molecule has 1 aliphatic rings. The van der Waals surface area contributed by atoms with Crippen LogP contribution in [0.15, 0.2) is 62.3 Å². The quantitative estimate of drug-likeness (QED) is 0.395. The van der Waals surface area contributed by atoms with Gasteiger partial charge in [0, 0.05) is 21.8 Å². The Morgan fingerprint density at radius 2 is 1.79 bits per heavy atom. The van der Waals surface area contributed by atoms with Gasteiger partial charge >= 0.3 is 0 Å². The van der Waals surface area contributed by atoms with Crippen LogP contribution in [0.4, 0.5) is 10.5 Å². The maximum Gasteiger partial charge on any atom is 0.294 e. The summed E-state index contributed by atoms with van der Waals surface area (Å²) >= 11 is 4.33. The molecule has 1 aliphatic heterocycles. The van der Waals surface area contributed by atoms with E-state index in [1.165, 1.54) is 6.08 Å². The lowest BCUT2D eigenvalue weighted by Crippen LogP contribution is -2.36. The Bertz CT molecular complexity index is 1310. The minimum atomic E-state index is -0.518. The van der Waals surface area contributed by atoms with Gasteiger partial charge < -0.3 is 9.73 Å². The van der Waals surface area contributed by atoms with Gasteiger partial charge in [-0.2, -0.15) is 0 Å². The molecule has 3 aromatic rings. The number of benzene rings is 2. The topological polar surface area (TPSA) is 79.6 Å². The van der Waals surface area contributed by atoms with Crippen LogP contribution in [-0.2, 0) is 9.59 Å². The molecular weight excluding hydrogens is 504 g/mol. The zero-order chi connectivity index (χ0) is 23.7. The summed E-state index contributed by atoms with van der Waals surface area (Å²) in [6, 6.07) is 15.1. The Kier molecular flexibility index (Phi) is 6.58. The third-order valence-corrected chi connectivity index (χ3v) is 6.68. The van der Waals surface area contributed by atoms with Crippen molar-refractivity contribution in [3.05, 3.63) is 80.4 Å². The first-order chi connectivity index (χ1) is 15.7. The first-order valence-electron chi connectivity index (χ1n) is 10.2. The van der Waals surface area contributed by atoms with Gasteiger partial charge in [0.2, 0.25) is 5.91 Å². The van der Waals surface area contributed by atoms with Crippen molar-refractivity contribution in [2.75, 3.05) is 11.9 Å². The van der Waals surface area contributed by atoms with Crippen LogP contribution in [0.2, 0.25) is 0 Å². The predicted molar refractivity (Wildman–Crippen MR) is 134 cm³/mol. The lowest BCUT2D eigenvalue weighted by atomic mass is 10.1. The lowest BCUT2D eigenvalue weighted by molar-refractivity contribution is -0.127. The fourth-order valence-corrected chi connectivity index (χ4v) is 4.95. The van der Waals surface area contributed by atoms with E-state index in [0.717, 1.165) is 43.4 Å². The van der Waals surface area contributed by atoms with E-state index in [0.29, 0.717) is 17.2 Å². The van der Waals surface area contributed by atoms with Crippen molar-refractivity contribution in [1.82, 2.24) is 4.90 Å². The number of hydrogen-bond donors (Lipinski definition) is 1. The third kappa shape index (κ3) is 5.12. The predicted octanol–water partition coefficient (Wildman–Crippen LogP) is 6.31. The minimum Gasteiger partial charge on any atom is -0.457 e. The molecule has 0 unspecified atom stereocenters. The number of amides is 3. The van der Waals surface area contributed by atoms with Gasteiger partial charge in [-0.3, -0.25) is 19.3 Å². The minimum absolute atomic E-state index is 0.211. The summed E-state index contributed by atoms with van der Waals surface area (Å²) in [6.45, 7) is 5.50. The summed E-state index contributed by atoms with van der Waals surface area (Å²) in [6.07, 6.45) is 1.53. The van der Waals surface area contributed by atoms with Gasteiger partial charge in [-0.25, -0.2) is 0 Å². The summed E-state index contributed by atoms with van der Waals surface area (Å²) < 4.78 is 6.77. The number of carbonyl (C=O) groups is 3. The number of halogens is 1. The van der Waals surface area contributed by atoms with Crippen LogP contribution in [0, 0.1) is 20.8 Å². The Morgan fingerprint density at radius 1 is 1.06 bits per heavy atom. The summed E-state index contributed by atoms with van der Waals surface area (Å²) in [5, 5.41) is 2.27. The number of nitrogens with one attached hydrogen (secondary N) is 1. The number of carbonyl (C=O) groups excluding carboxylic acids is 3. The molecular formula is C25H21BrN2O4S. The molecule has 0 bridgehead atoms. The lowest BCUT2D eigenvalue weighted by Gasteiger charge is -2.13. The fourth-order valence-electron chi connectivity index (χ4n) is 3.45. The Morgan fingerprint density at radius 3 is 2.52 bits per heavy atom. The van der Waals surface area contributed by atoms with Crippen molar-refractivity contribution in [1.29, 1.82) is 0 Å². The van der Waals surface area contributed by atoms with E-state index in [1.54, 1.807) is 12.1 Å². The largest absolute Gasteiger partial charge is 0.457 e. The molecule has 0 saturated carbocycles. The third-order valence-electron chi connectivity index (χ3n) is 5.12. The highest BCUT2D eigenvalue weighted by molar-refractivity contribution is 9.10. The van der Waals surface area contributed by atoms with Crippen molar-refractivity contribution < 1.29 is 18.8 Å². The fraction of sp³-hybridized carbons (Fsp3) is 0.160. The first kappa shape index (κ1) is 23.1. The molecule has 1 aromatic heterocycles. The van der Waals surface area contributed by atoms with Crippen LogP contribution in [0.1, 0.15) is 22.5 Å². The molecule has 1 saturated heterocycles. The number of thioether (sulfide) groups is 1. The highest BCUT2D eigenvalue weighted by atomic mass is 79.9. The highest BCUT2D eigenvalue weighted by Gasteiger charge is 2.36. The second-order valence-electron chi connectivity index (χ2n) is 7.82. The number of furan rings is 1. The van der Waals surface area contributed by atoms with E-state index in [1.807, 2.05) is 57.2 Å². The Labute approximate surface area is 204 Å². The molecule has 168 valence electrons. The van der Waals surface area contributed by atoms with Gasteiger partial charge in [0.25, 0.3) is 11.1 Å². The molecule has 1 fully saturated rings. The second kappa shape index (κ2) is 9.41. The smallest absolute Gasteiger partial charge is 0.294 e. The van der Waals surface area contributed by atoms with Gasteiger partial charge in [0.05, 0.1) is 4.91 Å². The SMILES string of the molecule is Cc1ccc(NC(=O)CN2C(=O)S/C(=C\c3ccc(-c4ccc(C)cc4Br)o3)C2=O)c(C)c1. The average Bonchev–Trinajstić information content (AvgIpc) is 3.30. The van der Waals surface area contributed by atoms with Crippen molar-refractivity contribution in [2.24, 2.45) is 0 Å². The molecule has 0 atom stereocenters. The zero-order valence-corrected chi connectivity index (χ0v) is 20.7. The van der Waals surface area contributed by atoms with Crippen LogP contribution in [0.25, 0.3) is 17.4 Å². The van der Waals surface area contributed by atoms with Gasteiger partial charge in [0.15, 0.2) is 0 Å². The molecule has 1 N–H and O–H groups in total. The number of rotatable bonds is 5. The van der Waals surface area contributed by atoms with Gasteiger partial charge in [0.1, 0.15) is 18.1 Å². The van der Waals surface area contributed by atoms with E-state index in [4.69, 9.17) is 4.42 Å². The number of imide groups is 1. The van der Waals surface area contributed by atoms with E-state index in [2.05, 4.69) is 21.2 Å². The van der Waals surface area contributed by atoms with Crippen LogP contribution < -0.4 is 5.32 Å². The summed E-state index contributed by atoms with van der Waals surface area (Å²) in [7, 11) is 0. The molecule has 0 spiro atoms. The molecule has 2 heterocycles. The van der Waals surface area contributed by atoms with Crippen molar-refractivity contribution in [2.45, 2.75) is 20.8 Å². The van der Waals surface area contributed by atoms with Crippen molar-refractivity contribution in [3.8, 4) is 11.3 Å². The molecule has 4 rings (SSSR count). The van der Waals surface area contributed by atoms with Crippen LogP contribution in [0.3, 0.4) is 0 Å². The monoisotopic (exact) mass is 524 g/mol. The molecule has 3 amide bonds. The molecule has 2 aromatic carbocycles. The molecule has 0 radical (unpaired) electrons. The van der Waals surface area contributed by atoms with E-state index >= 15 is 0 Å². The van der Waals surface area contributed by atoms with Crippen molar-refractivity contribution >= 4 is 56.5 Å². The Balaban J connectivity index is 1.47. The average molecular weight is 525 g/mol. The highest BCUT2D eigenvalue weighted by Crippen LogP contribution is 2.35. The van der Waals surface area contributed by atoms with Crippen LogP contribution in [0.5, 0.6) is 0 Å². The Hall–Kier alpha value is -3.10. The molecule has 8 heteroatoms. The first-order valence-corrected chi connectivity index (χ1v) is 11.8. The van der Waals surface area contributed by atoms with Gasteiger partial charge in [-0.15, -0.1) is 0 Å². The standard InChI is InChI=1S/C25H21BrN2O4S/c1-14-5-8-20(16(3)10-14)27-23(29)13-28-24(30)22(33-25(28)31)12-17-6-9-21(32-17)18-7-4-15(2)11-19(18)26/h4-12H,13H2,1-3H3,(H,27,29)/b22-12-. The van der Waals surface area contributed by atoms with E-state index in [-0.39, 0.29) is 11.4 Å². The summed E-state index contributed by atoms with van der Waals surface area (Å²) in [4.78, 5) is 38.8. The van der Waals surface area contributed by atoms with Gasteiger partial charge in [-0.05, 0) is 74.0 Å². The molecule has 33 heavy (non-hydrogen) atoms. The number of hydrogen-bond acceptors (Lipinski definition) is 5. The van der Waals surface area contributed by atoms with Crippen LogP contribution in [-0.4, -0.2) is 28.5 Å². The number of aryl methyl sites for hydroxylation is 3. The maximum absolute atomic E-state index is 12.8. The summed E-state index contributed by atoms with van der Waals surface area (Å²) in [5.74, 6) is 0.133. The van der Waals surface area contributed by atoms with Gasteiger partial charge in [-0.1, -0.05) is 39.7 Å². The molecule has 0 aliphatic carbocycles.